The number of aromatic nitrogens is 2. The van der Waals surface area contributed by atoms with Gasteiger partial charge >= 0.3 is 0 Å². The van der Waals surface area contributed by atoms with Crippen LogP contribution >= 0.6 is 12.2 Å². The molecule has 0 radical (unpaired) electrons. The average molecular weight is 392 g/mol. The molecule has 0 unspecified atom stereocenters. The quantitative estimate of drug-likeness (QED) is 0.338. The zero-order chi connectivity index (χ0) is 20.4. The van der Waals surface area contributed by atoms with E-state index >= 15 is 0 Å². The number of nitrogens with two attached hydrogens (primary N) is 3. The number of nitrogens with one attached hydrogen (secondary N) is 2. The van der Waals surface area contributed by atoms with Crippen LogP contribution in [0.15, 0.2) is 18.0 Å². The van der Waals surface area contributed by atoms with E-state index in [4.69, 9.17) is 29.4 Å². The number of anilines is 2. The van der Waals surface area contributed by atoms with Crippen LogP contribution in [-0.4, -0.2) is 32.8 Å². The van der Waals surface area contributed by atoms with Crippen LogP contribution in [0.4, 0.5) is 11.6 Å². The van der Waals surface area contributed by atoms with E-state index in [0.29, 0.717) is 11.6 Å². The molecule has 0 spiro atoms. The first-order chi connectivity index (χ1) is 12.5. The summed E-state index contributed by atoms with van der Waals surface area (Å²) in [5.41, 5.74) is 16.9. The minimum atomic E-state index is -0.763. The molecule has 0 aromatic carbocycles. The SMILES string of the molecule is CC(C)(C)[C@@H](Nc1cnc(C(N)=O)c(NC(=S)C=C(N)C2CC2)n1)C(N)=O. The maximum Gasteiger partial charge on any atom is 0.271 e. The molecule has 1 aliphatic rings. The van der Waals surface area contributed by atoms with Crippen LogP contribution in [0.25, 0.3) is 0 Å². The van der Waals surface area contributed by atoms with Gasteiger partial charge in [-0.15, -0.1) is 0 Å². The summed E-state index contributed by atoms with van der Waals surface area (Å²) in [5, 5.41) is 5.78. The summed E-state index contributed by atoms with van der Waals surface area (Å²) < 4.78 is 0. The first-order valence-corrected chi connectivity index (χ1v) is 8.90. The summed E-state index contributed by atoms with van der Waals surface area (Å²) in [6.45, 7) is 5.58. The largest absolute Gasteiger partial charge is 0.402 e. The molecule has 1 atom stereocenters. The Morgan fingerprint density at radius 3 is 2.41 bits per heavy atom. The van der Waals surface area contributed by atoms with Crippen molar-refractivity contribution in [2.45, 2.75) is 39.7 Å². The van der Waals surface area contributed by atoms with Crippen LogP contribution in [0.2, 0.25) is 0 Å². The van der Waals surface area contributed by atoms with Gasteiger partial charge in [0.2, 0.25) is 5.91 Å². The second-order valence-electron chi connectivity index (χ2n) is 7.57. The van der Waals surface area contributed by atoms with Crippen LogP contribution < -0.4 is 27.8 Å². The monoisotopic (exact) mass is 391 g/mol. The fourth-order valence-corrected chi connectivity index (χ4v) is 2.66. The lowest BCUT2D eigenvalue weighted by Crippen LogP contribution is -2.45. The Bertz CT molecular complexity index is 797. The highest BCUT2D eigenvalue weighted by Gasteiger charge is 2.30. The molecule has 0 saturated heterocycles. The Kier molecular flexibility index (Phi) is 5.99. The summed E-state index contributed by atoms with van der Waals surface area (Å²) >= 11 is 5.26. The van der Waals surface area contributed by atoms with E-state index < -0.39 is 23.3 Å². The molecule has 0 bridgehead atoms. The summed E-state index contributed by atoms with van der Waals surface area (Å²) in [7, 11) is 0. The Hall–Kier alpha value is -2.75. The van der Waals surface area contributed by atoms with Gasteiger partial charge in [0.25, 0.3) is 5.91 Å². The molecule has 1 aromatic rings. The van der Waals surface area contributed by atoms with Crippen LogP contribution in [0.5, 0.6) is 0 Å². The summed E-state index contributed by atoms with van der Waals surface area (Å²) in [6, 6.07) is -0.698. The molecule has 10 heteroatoms. The fourth-order valence-electron chi connectivity index (χ4n) is 2.43. The van der Waals surface area contributed by atoms with Crippen LogP contribution in [-0.2, 0) is 4.79 Å². The summed E-state index contributed by atoms with van der Waals surface area (Å²) in [6.07, 6.45) is 5.02. The zero-order valence-electron chi connectivity index (χ0n) is 15.6. The van der Waals surface area contributed by atoms with E-state index in [-0.39, 0.29) is 22.3 Å². The molecule has 1 heterocycles. The normalized spacial score (nSPS) is 15.7. The van der Waals surface area contributed by atoms with Gasteiger partial charge in [-0.1, -0.05) is 33.0 Å². The van der Waals surface area contributed by atoms with Crippen molar-refractivity contribution in [2.75, 3.05) is 10.6 Å². The maximum atomic E-state index is 11.8. The van der Waals surface area contributed by atoms with Gasteiger partial charge in [0.15, 0.2) is 11.5 Å². The molecule has 1 aromatic heterocycles. The van der Waals surface area contributed by atoms with E-state index in [0.717, 1.165) is 12.8 Å². The highest BCUT2D eigenvalue weighted by atomic mass is 32.1. The molecule has 27 heavy (non-hydrogen) atoms. The molecule has 1 fully saturated rings. The second-order valence-corrected chi connectivity index (χ2v) is 8.01. The Labute approximate surface area is 163 Å². The number of nitrogens with zero attached hydrogens (tertiary/aromatic N) is 2. The zero-order valence-corrected chi connectivity index (χ0v) is 16.4. The van der Waals surface area contributed by atoms with Gasteiger partial charge in [-0.3, -0.25) is 9.59 Å². The van der Waals surface area contributed by atoms with Crippen molar-refractivity contribution in [1.29, 1.82) is 0 Å². The standard InChI is InChI=1S/C17H25N7O2S/c1-17(2,3)13(15(20)26)22-10-7-21-12(14(19)25)16(23-10)24-11(27)6-9(18)8-4-5-8/h6-8,13H,4-5,18H2,1-3H3,(H2,19,25)(H2,20,26)(H2,22,23,24,27)/t13-/m0/s1. The number of carbonyl (C=O) groups excluding carboxylic acids is 2. The minimum Gasteiger partial charge on any atom is -0.402 e. The van der Waals surface area contributed by atoms with Crippen molar-refractivity contribution in [2.24, 2.45) is 28.5 Å². The smallest absolute Gasteiger partial charge is 0.271 e. The number of thiocarbonyl (C=S) groups is 1. The van der Waals surface area contributed by atoms with E-state index in [9.17, 15) is 9.59 Å². The van der Waals surface area contributed by atoms with Crippen molar-refractivity contribution in [3.8, 4) is 0 Å². The number of rotatable bonds is 7. The number of hydrogen-bond acceptors (Lipinski definition) is 7. The molecule has 2 amide bonds. The van der Waals surface area contributed by atoms with Crippen molar-refractivity contribution < 1.29 is 9.59 Å². The third-order valence-corrected chi connectivity index (χ3v) is 4.26. The lowest BCUT2D eigenvalue weighted by atomic mass is 9.86. The van der Waals surface area contributed by atoms with E-state index in [1.165, 1.54) is 6.20 Å². The van der Waals surface area contributed by atoms with Gasteiger partial charge in [0.05, 0.1) is 6.20 Å². The Morgan fingerprint density at radius 2 is 1.93 bits per heavy atom. The molecule has 9 nitrogen and oxygen atoms in total. The number of hydrogen-bond donors (Lipinski definition) is 5. The molecular formula is C17H25N7O2S. The number of carbonyl (C=O) groups is 2. The van der Waals surface area contributed by atoms with Gasteiger partial charge < -0.3 is 27.8 Å². The molecule has 2 rings (SSSR count). The van der Waals surface area contributed by atoms with Gasteiger partial charge in [-0.2, -0.15) is 0 Å². The maximum absolute atomic E-state index is 11.8. The van der Waals surface area contributed by atoms with Gasteiger partial charge in [-0.25, -0.2) is 9.97 Å². The topological polar surface area (TPSA) is 162 Å². The first-order valence-electron chi connectivity index (χ1n) is 8.49. The minimum absolute atomic E-state index is 0.0762. The first kappa shape index (κ1) is 20.6. The third-order valence-electron chi connectivity index (χ3n) is 4.04. The van der Waals surface area contributed by atoms with Gasteiger partial charge in [0, 0.05) is 5.70 Å². The Balaban J connectivity index is 2.27. The molecule has 146 valence electrons. The van der Waals surface area contributed by atoms with Crippen molar-refractivity contribution in [3.05, 3.63) is 23.7 Å². The van der Waals surface area contributed by atoms with Crippen molar-refractivity contribution >= 4 is 40.7 Å². The number of amides is 2. The fraction of sp³-hybridized carbons (Fsp3) is 0.471. The molecule has 1 saturated carbocycles. The summed E-state index contributed by atoms with van der Waals surface area (Å²) in [4.78, 5) is 32.0. The average Bonchev–Trinajstić information content (AvgIpc) is 3.35. The van der Waals surface area contributed by atoms with Crippen LogP contribution in [0.1, 0.15) is 44.1 Å². The summed E-state index contributed by atoms with van der Waals surface area (Å²) in [5.74, 6) is -0.616. The van der Waals surface area contributed by atoms with E-state index in [2.05, 4.69) is 20.6 Å². The highest BCUT2D eigenvalue weighted by molar-refractivity contribution is 7.81. The predicted molar refractivity (Wildman–Crippen MR) is 108 cm³/mol. The van der Waals surface area contributed by atoms with Crippen LogP contribution in [0.3, 0.4) is 0 Å². The Morgan fingerprint density at radius 1 is 1.30 bits per heavy atom. The lowest BCUT2D eigenvalue weighted by molar-refractivity contribution is -0.120. The van der Waals surface area contributed by atoms with E-state index in [1.807, 2.05) is 20.8 Å². The lowest BCUT2D eigenvalue weighted by Gasteiger charge is -2.29. The molecular weight excluding hydrogens is 366 g/mol. The second kappa shape index (κ2) is 7.87. The van der Waals surface area contributed by atoms with E-state index in [1.54, 1.807) is 6.08 Å². The molecule has 1 aliphatic carbocycles. The number of primary amides is 2. The molecule has 0 aliphatic heterocycles. The van der Waals surface area contributed by atoms with Crippen LogP contribution in [0, 0.1) is 11.3 Å². The highest BCUT2D eigenvalue weighted by Crippen LogP contribution is 2.33. The molecule has 8 N–H and O–H groups in total. The van der Waals surface area contributed by atoms with Crippen molar-refractivity contribution in [1.82, 2.24) is 9.97 Å². The van der Waals surface area contributed by atoms with Crippen molar-refractivity contribution in [3.63, 3.8) is 0 Å². The predicted octanol–water partition coefficient (Wildman–Crippen LogP) is 0.879. The van der Waals surface area contributed by atoms with Gasteiger partial charge in [-0.05, 0) is 30.3 Å². The third kappa shape index (κ3) is 5.61. The van der Waals surface area contributed by atoms with Gasteiger partial charge in [0.1, 0.15) is 16.8 Å². The number of allylic oxidation sites excluding steroid dienone is 1.